The summed E-state index contributed by atoms with van der Waals surface area (Å²) < 4.78 is 2.36. The Bertz CT molecular complexity index is 353. The number of aliphatic hydroxyl groups is 2. The Morgan fingerprint density at radius 1 is 1.44 bits per heavy atom. The number of aromatic nitrogens is 2. The number of nitrogens with zero attached hydrogens (tertiary/aromatic N) is 2. The molecule has 0 aromatic carbocycles. The molecule has 0 radical (unpaired) electrons. The van der Waals surface area contributed by atoms with Gasteiger partial charge in [0.15, 0.2) is 0 Å². The molecule has 90 valence electrons. The van der Waals surface area contributed by atoms with Gasteiger partial charge in [-0.2, -0.15) is 5.10 Å². The summed E-state index contributed by atoms with van der Waals surface area (Å²) in [5, 5.41) is 24.8. The highest BCUT2D eigenvalue weighted by atomic mass is 79.9. The summed E-state index contributed by atoms with van der Waals surface area (Å²) in [6, 6.07) is 0. The first-order valence-corrected chi connectivity index (χ1v) is 6.42. The summed E-state index contributed by atoms with van der Waals surface area (Å²) in [4.78, 5) is 0. The van der Waals surface area contributed by atoms with Crippen molar-refractivity contribution in [3.8, 4) is 0 Å². The molecule has 1 heterocycles. The quantitative estimate of drug-likeness (QED) is 0.874. The summed E-state index contributed by atoms with van der Waals surface area (Å²) in [5.41, 5.74) is -0.335. The SMILES string of the molecule is Cn1ncc(Br)c1C(O)C1(O)CCCCC1. The molecular formula is C11H17BrN2O2. The Hall–Kier alpha value is -0.390. The second-order valence-corrected chi connectivity index (χ2v) is 5.42. The highest BCUT2D eigenvalue weighted by Gasteiger charge is 2.39. The largest absolute Gasteiger partial charge is 0.387 e. The number of aryl methyl sites for hydroxylation is 1. The van der Waals surface area contributed by atoms with Gasteiger partial charge < -0.3 is 10.2 Å². The van der Waals surface area contributed by atoms with E-state index in [1.807, 2.05) is 0 Å². The maximum atomic E-state index is 10.4. The number of halogens is 1. The smallest absolute Gasteiger partial charge is 0.125 e. The first kappa shape index (κ1) is 12.1. The van der Waals surface area contributed by atoms with Gasteiger partial charge in [-0.25, -0.2) is 0 Å². The third-order valence-electron chi connectivity index (χ3n) is 3.42. The number of rotatable bonds is 2. The minimum Gasteiger partial charge on any atom is -0.387 e. The molecule has 2 N–H and O–H groups in total. The average Bonchev–Trinajstić information content (AvgIpc) is 2.59. The zero-order valence-corrected chi connectivity index (χ0v) is 10.9. The maximum Gasteiger partial charge on any atom is 0.125 e. The van der Waals surface area contributed by atoms with Gasteiger partial charge in [0.2, 0.25) is 0 Å². The lowest BCUT2D eigenvalue weighted by atomic mass is 9.80. The van der Waals surface area contributed by atoms with Crippen molar-refractivity contribution < 1.29 is 10.2 Å². The van der Waals surface area contributed by atoms with Gasteiger partial charge in [0, 0.05) is 7.05 Å². The second-order valence-electron chi connectivity index (χ2n) is 4.57. The molecule has 0 aliphatic heterocycles. The number of hydrogen-bond acceptors (Lipinski definition) is 3. The van der Waals surface area contributed by atoms with Crippen LogP contribution in [0.3, 0.4) is 0 Å². The zero-order chi connectivity index (χ0) is 11.8. The monoisotopic (exact) mass is 288 g/mol. The Morgan fingerprint density at radius 2 is 2.06 bits per heavy atom. The van der Waals surface area contributed by atoms with E-state index >= 15 is 0 Å². The molecule has 0 amide bonds. The molecule has 1 aliphatic carbocycles. The number of hydrogen-bond donors (Lipinski definition) is 2. The first-order chi connectivity index (χ1) is 7.54. The molecule has 1 aromatic heterocycles. The lowest BCUT2D eigenvalue weighted by molar-refractivity contribution is -0.102. The summed E-state index contributed by atoms with van der Waals surface area (Å²) >= 11 is 3.35. The Balaban J connectivity index is 2.27. The van der Waals surface area contributed by atoms with Crippen LogP contribution in [0.5, 0.6) is 0 Å². The van der Waals surface area contributed by atoms with E-state index in [1.165, 1.54) is 0 Å². The molecule has 0 spiro atoms. The predicted molar refractivity (Wildman–Crippen MR) is 63.9 cm³/mol. The minimum atomic E-state index is -0.992. The summed E-state index contributed by atoms with van der Waals surface area (Å²) in [6.07, 6.45) is 5.19. The standard InChI is InChI=1S/C11H17BrN2O2/c1-14-9(8(12)7-13-14)10(15)11(16)5-3-2-4-6-11/h7,10,15-16H,2-6H2,1H3. The summed E-state index contributed by atoms with van der Waals surface area (Å²) in [6.45, 7) is 0. The zero-order valence-electron chi connectivity index (χ0n) is 9.36. The van der Waals surface area contributed by atoms with E-state index < -0.39 is 11.7 Å². The van der Waals surface area contributed by atoms with Crippen LogP contribution < -0.4 is 0 Å². The van der Waals surface area contributed by atoms with Crippen LogP contribution in [-0.2, 0) is 7.05 Å². The van der Waals surface area contributed by atoms with E-state index in [1.54, 1.807) is 17.9 Å². The number of aliphatic hydroxyl groups excluding tert-OH is 1. The van der Waals surface area contributed by atoms with Crippen LogP contribution >= 0.6 is 15.9 Å². The van der Waals surface area contributed by atoms with Crippen LogP contribution in [0.1, 0.15) is 43.9 Å². The van der Waals surface area contributed by atoms with E-state index in [2.05, 4.69) is 21.0 Å². The lowest BCUT2D eigenvalue weighted by Gasteiger charge is -2.36. The Morgan fingerprint density at radius 3 is 2.56 bits per heavy atom. The van der Waals surface area contributed by atoms with Gasteiger partial charge in [-0.15, -0.1) is 0 Å². The molecule has 1 fully saturated rings. The van der Waals surface area contributed by atoms with Crippen molar-refractivity contribution in [1.82, 2.24) is 9.78 Å². The molecule has 0 bridgehead atoms. The van der Waals surface area contributed by atoms with Crippen molar-refractivity contribution in [1.29, 1.82) is 0 Å². The minimum absolute atomic E-state index is 0.657. The molecule has 1 atom stereocenters. The summed E-state index contributed by atoms with van der Waals surface area (Å²) in [7, 11) is 1.77. The normalized spacial score (nSPS) is 22.0. The van der Waals surface area contributed by atoms with Crippen molar-refractivity contribution in [3.05, 3.63) is 16.4 Å². The summed E-state index contributed by atoms with van der Waals surface area (Å²) in [5.74, 6) is 0. The molecule has 1 saturated carbocycles. The van der Waals surface area contributed by atoms with Crippen LogP contribution in [0.4, 0.5) is 0 Å². The van der Waals surface area contributed by atoms with Crippen LogP contribution in [0.2, 0.25) is 0 Å². The highest BCUT2D eigenvalue weighted by molar-refractivity contribution is 9.10. The fourth-order valence-corrected chi connectivity index (χ4v) is 2.98. The van der Waals surface area contributed by atoms with Gasteiger partial charge in [0.05, 0.1) is 22.0 Å². The van der Waals surface area contributed by atoms with Gasteiger partial charge in [-0.1, -0.05) is 19.3 Å². The fourth-order valence-electron chi connectivity index (χ4n) is 2.42. The molecule has 1 unspecified atom stereocenters. The maximum absolute atomic E-state index is 10.4. The van der Waals surface area contributed by atoms with Crippen molar-refractivity contribution in [2.24, 2.45) is 7.05 Å². The van der Waals surface area contributed by atoms with Gasteiger partial charge in [0.1, 0.15) is 6.10 Å². The van der Waals surface area contributed by atoms with Crippen molar-refractivity contribution >= 4 is 15.9 Å². The van der Waals surface area contributed by atoms with E-state index in [4.69, 9.17) is 0 Å². The van der Waals surface area contributed by atoms with E-state index in [0.717, 1.165) is 23.7 Å². The molecule has 1 aliphatic rings. The van der Waals surface area contributed by atoms with E-state index in [-0.39, 0.29) is 0 Å². The second kappa shape index (κ2) is 4.47. The molecule has 0 saturated heterocycles. The van der Waals surface area contributed by atoms with Crippen LogP contribution in [0.15, 0.2) is 10.7 Å². The first-order valence-electron chi connectivity index (χ1n) is 5.62. The topological polar surface area (TPSA) is 58.3 Å². The third kappa shape index (κ3) is 2.04. The fraction of sp³-hybridized carbons (Fsp3) is 0.727. The van der Waals surface area contributed by atoms with E-state index in [0.29, 0.717) is 18.5 Å². The Labute approximate surface area is 103 Å². The van der Waals surface area contributed by atoms with Crippen molar-refractivity contribution in [2.75, 3.05) is 0 Å². The molecular weight excluding hydrogens is 272 g/mol. The average molecular weight is 289 g/mol. The predicted octanol–water partition coefficient (Wildman–Crippen LogP) is 1.91. The van der Waals surface area contributed by atoms with Gasteiger partial charge >= 0.3 is 0 Å². The Kier molecular flexibility index (Phi) is 3.37. The highest BCUT2D eigenvalue weighted by Crippen LogP contribution is 2.40. The van der Waals surface area contributed by atoms with Crippen molar-refractivity contribution in [2.45, 2.75) is 43.8 Å². The molecule has 5 heteroatoms. The van der Waals surface area contributed by atoms with Gasteiger partial charge in [-0.3, -0.25) is 4.68 Å². The van der Waals surface area contributed by atoms with E-state index in [9.17, 15) is 10.2 Å². The molecule has 16 heavy (non-hydrogen) atoms. The lowest BCUT2D eigenvalue weighted by Crippen LogP contribution is -2.39. The van der Waals surface area contributed by atoms with Crippen LogP contribution in [0.25, 0.3) is 0 Å². The molecule has 1 aromatic rings. The third-order valence-corrected chi connectivity index (χ3v) is 4.04. The van der Waals surface area contributed by atoms with Crippen LogP contribution in [-0.4, -0.2) is 25.6 Å². The van der Waals surface area contributed by atoms with Crippen LogP contribution in [0, 0.1) is 0 Å². The van der Waals surface area contributed by atoms with Gasteiger partial charge in [-0.05, 0) is 28.8 Å². The van der Waals surface area contributed by atoms with Crippen molar-refractivity contribution in [3.63, 3.8) is 0 Å². The molecule has 4 nitrogen and oxygen atoms in total. The van der Waals surface area contributed by atoms with Gasteiger partial charge in [0.25, 0.3) is 0 Å². The molecule has 2 rings (SSSR count).